The maximum absolute atomic E-state index is 10.8. The van der Waals surface area contributed by atoms with Gasteiger partial charge in [0.1, 0.15) is 9.84 Å². The molecule has 0 amide bonds. The molecule has 0 saturated heterocycles. The van der Waals surface area contributed by atoms with Crippen molar-refractivity contribution in [3.05, 3.63) is 0 Å². The minimum absolute atomic E-state index is 0.172. The van der Waals surface area contributed by atoms with Gasteiger partial charge in [-0.3, -0.25) is 0 Å². The first-order valence-corrected chi connectivity index (χ1v) is 6.52. The maximum Gasteiger partial charge on any atom is 0.150 e. The Hall–Kier alpha value is -0.130. The Labute approximate surface area is 80.3 Å². The topological polar surface area (TPSA) is 66.4 Å². The van der Waals surface area contributed by atoms with Crippen LogP contribution in [0.25, 0.3) is 0 Å². The number of hydrogen-bond donors (Lipinski definition) is 2. The van der Waals surface area contributed by atoms with Crippen molar-refractivity contribution in [3.63, 3.8) is 0 Å². The first-order chi connectivity index (χ1) is 5.87. The standard InChI is InChI=1S/C8H19NO3S/c1-4-5-9-7(2)8(10)6-13(3,11)12/h7-10H,4-6H2,1-3H3/t7-,8+/m1/s1. The van der Waals surface area contributed by atoms with E-state index in [4.69, 9.17) is 0 Å². The first-order valence-electron chi connectivity index (χ1n) is 4.46. The van der Waals surface area contributed by atoms with Crippen LogP contribution < -0.4 is 5.32 Å². The fourth-order valence-electron chi connectivity index (χ4n) is 0.963. The summed E-state index contributed by atoms with van der Waals surface area (Å²) in [5, 5.41) is 12.5. The predicted molar refractivity (Wildman–Crippen MR) is 53.5 cm³/mol. The van der Waals surface area contributed by atoms with E-state index in [1.807, 2.05) is 6.92 Å². The van der Waals surface area contributed by atoms with Crippen LogP contribution in [-0.2, 0) is 9.84 Å². The van der Waals surface area contributed by atoms with E-state index in [0.717, 1.165) is 19.2 Å². The second-order valence-electron chi connectivity index (χ2n) is 3.40. The zero-order chi connectivity index (χ0) is 10.5. The van der Waals surface area contributed by atoms with E-state index in [1.165, 1.54) is 0 Å². The lowest BCUT2D eigenvalue weighted by atomic mass is 10.2. The van der Waals surface area contributed by atoms with Crippen molar-refractivity contribution in [2.75, 3.05) is 18.6 Å². The van der Waals surface area contributed by atoms with Crippen LogP contribution in [0.3, 0.4) is 0 Å². The maximum atomic E-state index is 10.8. The Morgan fingerprint density at radius 3 is 2.38 bits per heavy atom. The van der Waals surface area contributed by atoms with Crippen molar-refractivity contribution in [2.24, 2.45) is 0 Å². The summed E-state index contributed by atoms with van der Waals surface area (Å²) >= 11 is 0. The second-order valence-corrected chi connectivity index (χ2v) is 5.59. The van der Waals surface area contributed by atoms with E-state index < -0.39 is 15.9 Å². The van der Waals surface area contributed by atoms with Gasteiger partial charge in [-0.25, -0.2) is 8.42 Å². The molecule has 5 heteroatoms. The molecule has 0 bridgehead atoms. The third-order valence-electron chi connectivity index (χ3n) is 1.77. The zero-order valence-corrected chi connectivity index (χ0v) is 9.26. The van der Waals surface area contributed by atoms with Crippen molar-refractivity contribution in [3.8, 4) is 0 Å². The third kappa shape index (κ3) is 6.98. The fraction of sp³-hybridized carbons (Fsp3) is 1.00. The summed E-state index contributed by atoms with van der Waals surface area (Å²) in [6.07, 6.45) is 1.28. The van der Waals surface area contributed by atoms with Gasteiger partial charge >= 0.3 is 0 Å². The highest BCUT2D eigenvalue weighted by atomic mass is 32.2. The molecule has 0 unspecified atom stereocenters. The number of nitrogens with one attached hydrogen (secondary N) is 1. The highest BCUT2D eigenvalue weighted by Gasteiger charge is 2.18. The summed E-state index contributed by atoms with van der Waals surface area (Å²) in [4.78, 5) is 0. The van der Waals surface area contributed by atoms with Gasteiger partial charge in [0.05, 0.1) is 11.9 Å². The highest BCUT2D eigenvalue weighted by molar-refractivity contribution is 7.90. The smallest absolute Gasteiger partial charge is 0.150 e. The predicted octanol–water partition coefficient (Wildman–Crippen LogP) is -0.220. The lowest BCUT2D eigenvalue weighted by molar-refractivity contribution is 0.155. The Balaban J connectivity index is 3.89. The average molecular weight is 209 g/mol. The molecule has 2 N–H and O–H groups in total. The molecule has 0 aliphatic carbocycles. The van der Waals surface area contributed by atoms with Crippen LogP contribution in [0.5, 0.6) is 0 Å². The number of sulfone groups is 1. The molecule has 2 atom stereocenters. The zero-order valence-electron chi connectivity index (χ0n) is 8.45. The van der Waals surface area contributed by atoms with Gasteiger partial charge in [0, 0.05) is 12.3 Å². The van der Waals surface area contributed by atoms with Crippen molar-refractivity contribution >= 4 is 9.84 Å². The van der Waals surface area contributed by atoms with Gasteiger partial charge in [-0.05, 0) is 19.9 Å². The summed E-state index contributed by atoms with van der Waals surface area (Å²) in [7, 11) is -3.08. The molecule has 0 fully saturated rings. The molecule has 13 heavy (non-hydrogen) atoms. The van der Waals surface area contributed by atoms with E-state index >= 15 is 0 Å². The van der Waals surface area contributed by atoms with Gasteiger partial charge in [-0.15, -0.1) is 0 Å². The largest absolute Gasteiger partial charge is 0.390 e. The molecule has 80 valence electrons. The monoisotopic (exact) mass is 209 g/mol. The van der Waals surface area contributed by atoms with E-state index in [1.54, 1.807) is 6.92 Å². The summed E-state index contributed by atoms with van der Waals surface area (Å²) in [5.74, 6) is -0.176. The van der Waals surface area contributed by atoms with Crippen LogP contribution in [0.2, 0.25) is 0 Å². The van der Waals surface area contributed by atoms with Crippen LogP contribution in [-0.4, -0.2) is 44.2 Å². The van der Waals surface area contributed by atoms with Gasteiger partial charge in [0.2, 0.25) is 0 Å². The lowest BCUT2D eigenvalue weighted by Crippen LogP contribution is -2.41. The van der Waals surface area contributed by atoms with Gasteiger partial charge in [0.15, 0.2) is 0 Å². The Bertz CT molecular complexity index is 226. The number of aliphatic hydroxyl groups is 1. The number of hydrogen-bond acceptors (Lipinski definition) is 4. The Kier molecular flexibility index (Phi) is 5.51. The second kappa shape index (κ2) is 5.57. The quantitative estimate of drug-likeness (QED) is 0.635. The van der Waals surface area contributed by atoms with E-state index in [-0.39, 0.29) is 11.8 Å². The van der Waals surface area contributed by atoms with Gasteiger partial charge in [0.25, 0.3) is 0 Å². The molecular weight excluding hydrogens is 190 g/mol. The molecule has 4 nitrogen and oxygen atoms in total. The van der Waals surface area contributed by atoms with Gasteiger partial charge in [-0.1, -0.05) is 6.92 Å². The lowest BCUT2D eigenvalue weighted by Gasteiger charge is -2.18. The first kappa shape index (κ1) is 12.9. The van der Waals surface area contributed by atoms with E-state index in [0.29, 0.717) is 0 Å². The number of rotatable bonds is 6. The molecule has 0 rings (SSSR count). The molecule has 0 spiro atoms. The minimum atomic E-state index is -3.08. The Morgan fingerprint density at radius 2 is 2.00 bits per heavy atom. The van der Waals surface area contributed by atoms with E-state index in [2.05, 4.69) is 5.32 Å². The van der Waals surface area contributed by atoms with E-state index in [9.17, 15) is 13.5 Å². The van der Waals surface area contributed by atoms with Crippen molar-refractivity contribution in [1.82, 2.24) is 5.32 Å². The highest BCUT2D eigenvalue weighted by Crippen LogP contribution is 1.97. The van der Waals surface area contributed by atoms with Crippen molar-refractivity contribution in [2.45, 2.75) is 32.4 Å². The summed E-state index contributed by atoms with van der Waals surface area (Å²) in [6, 6.07) is -0.172. The van der Waals surface area contributed by atoms with Gasteiger partial charge in [-0.2, -0.15) is 0 Å². The van der Waals surface area contributed by atoms with Crippen LogP contribution in [0.1, 0.15) is 20.3 Å². The van der Waals surface area contributed by atoms with Crippen LogP contribution in [0.15, 0.2) is 0 Å². The molecule has 0 saturated carbocycles. The SMILES string of the molecule is CCCN[C@H](C)[C@@H](O)CS(C)(=O)=O. The number of aliphatic hydroxyl groups excluding tert-OH is 1. The van der Waals surface area contributed by atoms with Crippen LogP contribution in [0.4, 0.5) is 0 Å². The third-order valence-corrected chi connectivity index (χ3v) is 2.71. The van der Waals surface area contributed by atoms with Crippen LogP contribution >= 0.6 is 0 Å². The molecule has 0 heterocycles. The normalized spacial score (nSPS) is 16.9. The summed E-state index contributed by atoms with van der Waals surface area (Å²) in [6.45, 7) is 4.59. The summed E-state index contributed by atoms with van der Waals surface area (Å²) < 4.78 is 21.7. The molecule has 0 aromatic carbocycles. The van der Waals surface area contributed by atoms with Gasteiger partial charge < -0.3 is 10.4 Å². The molecular formula is C8H19NO3S. The molecule has 0 aliphatic rings. The molecule has 0 radical (unpaired) electrons. The minimum Gasteiger partial charge on any atom is -0.390 e. The molecule has 0 aliphatic heterocycles. The van der Waals surface area contributed by atoms with Crippen molar-refractivity contribution in [1.29, 1.82) is 0 Å². The van der Waals surface area contributed by atoms with Crippen molar-refractivity contribution < 1.29 is 13.5 Å². The summed E-state index contributed by atoms with van der Waals surface area (Å²) in [5.41, 5.74) is 0. The molecule has 0 aromatic rings. The Morgan fingerprint density at radius 1 is 1.46 bits per heavy atom. The average Bonchev–Trinajstić information content (AvgIpc) is 1.96. The van der Waals surface area contributed by atoms with Crippen LogP contribution in [0, 0.1) is 0 Å². The molecule has 0 aromatic heterocycles. The fourth-order valence-corrected chi connectivity index (χ4v) is 1.87.